The van der Waals surface area contributed by atoms with E-state index in [2.05, 4.69) is 4.72 Å². The summed E-state index contributed by atoms with van der Waals surface area (Å²) in [6.07, 6.45) is 0. The number of rotatable bonds is 4. The number of benzene rings is 2. The van der Waals surface area contributed by atoms with Crippen LogP contribution in [0.1, 0.15) is 13.8 Å². The van der Waals surface area contributed by atoms with Crippen LogP contribution >= 0.6 is 23.4 Å². The van der Waals surface area contributed by atoms with E-state index in [4.69, 9.17) is 16.3 Å². The van der Waals surface area contributed by atoms with Crippen molar-refractivity contribution in [1.29, 1.82) is 0 Å². The summed E-state index contributed by atoms with van der Waals surface area (Å²) in [4.78, 5) is 14.5. The van der Waals surface area contributed by atoms with Gasteiger partial charge in [-0.1, -0.05) is 18.5 Å². The van der Waals surface area contributed by atoms with Gasteiger partial charge in [-0.05, 0) is 36.4 Å². The number of hydrogen-bond donors (Lipinski definition) is 1. The average molecular weight is 427 g/mol. The molecule has 2 aromatic carbocycles. The lowest BCUT2D eigenvalue weighted by Crippen LogP contribution is -2.37. The van der Waals surface area contributed by atoms with E-state index in [9.17, 15) is 13.2 Å². The molecule has 1 atom stereocenters. The Morgan fingerprint density at radius 3 is 2.70 bits per heavy atom. The number of halogens is 1. The molecule has 0 saturated carbocycles. The molecule has 0 aliphatic carbocycles. The topological polar surface area (TPSA) is 75.7 Å². The van der Waals surface area contributed by atoms with Crippen LogP contribution in [0.3, 0.4) is 0 Å². The molecule has 6 nitrogen and oxygen atoms in total. The molecule has 0 spiro atoms. The number of ether oxygens (including phenoxy) is 1. The predicted octanol–water partition coefficient (Wildman–Crippen LogP) is 4.00. The summed E-state index contributed by atoms with van der Waals surface area (Å²) < 4.78 is 33.5. The fourth-order valence-electron chi connectivity index (χ4n) is 2.85. The van der Waals surface area contributed by atoms with E-state index in [1.807, 2.05) is 6.92 Å². The monoisotopic (exact) mass is 426 g/mol. The summed E-state index contributed by atoms with van der Waals surface area (Å²) in [5, 5.41) is 0.616. The zero-order valence-corrected chi connectivity index (χ0v) is 17.4. The highest BCUT2D eigenvalue weighted by atomic mass is 35.5. The van der Waals surface area contributed by atoms with Gasteiger partial charge in [-0.2, -0.15) is 0 Å². The predicted molar refractivity (Wildman–Crippen MR) is 109 cm³/mol. The van der Waals surface area contributed by atoms with Crippen LogP contribution in [-0.4, -0.2) is 33.2 Å². The van der Waals surface area contributed by atoms with Crippen molar-refractivity contribution in [2.75, 3.05) is 23.3 Å². The fourth-order valence-corrected chi connectivity index (χ4v) is 5.19. The Bertz CT molecular complexity index is 995. The number of fused-ring (bicyclic) bond motifs is 1. The van der Waals surface area contributed by atoms with Crippen LogP contribution in [0.25, 0.3) is 0 Å². The summed E-state index contributed by atoms with van der Waals surface area (Å²) >= 11 is 7.59. The number of thioether (sulfide) groups is 1. The SMILES string of the molecule is COc1ccc(Cl)cc1NS(=O)(=O)c1ccc2c(c1)N(C(C)=O)CC(C)S2. The summed E-state index contributed by atoms with van der Waals surface area (Å²) in [5.41, 5.74) is 0.848. The maximum atomic E-state index is 12.9. The molecule has 1 N–H and O–H groups in total. The van der Waals surface area contributed by atoms with Gasteiger partial charge in [0.25, 0.3) is 10.0 Å². The minimum Gasteiger partial charge on any atom is -0.495 e. The molecule has 2 aromatic rings. The molecule has 1 unspecified atom stereocenters. The fraction of sp³-hybridized carbons (Fsp3) is 0.278. The average Bonchev–Trinajstić information content (AvgIpc) is 2.60. The van der Waals surface area contributed by atoms with Crippen LogP contribution in [0, 0.1) is 0 Å². The van der Waals surface area contributed by atoms with Gasteiger partial charge in [0, 0.05) is 28.6 Å². The number of nitrogens with zero attached hydrogens (tertiary/aromatic N) is 1. The van der Waals surface area contributed by atoms with Gasteiger partial charge in [-0.3, -0.25) is 9.52 Å². The second kappa shape index (κ2) is 7.61. The van der Waals surface area contributed by atoms with Crippen LogP contribution in [0.2, 0.25) is 5.02 Å². The van der Waals surface area contributed by atoms with Crippen molar-refractivity contribution in [3.63, 3.8) is 0 Å². The first kappa shape index (κ1) is 19.9. The highest BCUT2D eigenvalue weighted by Crippen LogP contribution is 2.40. The molecule has 3 rings (SSSR count). The first-order chi connectivity index (χ1) is 12.7. The molecule has 0 saturated heterocycles. The van der Waals surface area contributed by atoms with Crippen LogP contribution in [0.15, 0.2) is 46.2 Å². The smallest absolute Gasteiger partial charge is 0.262 e. The number of sulfonamides is 1. The summed E-state index contributed by atoms with van der Waals surface area (Å²) in [6, 6.07) is 9.46. The number of carbonyl (C=O) groups is 1. The van der Waals surface area contributed by atoms with Crippen molar-refractivity contribution in [3.05, 3.63) is 41.4 Å². The van der Waals surface area contributed by atoms with Gasteiger partial charge in [0.1, 0.15) is 5.75 Å². The Balaban J connectivity index is 2.00. The normalized spacial score (nSPS) is 16.6. The van der Waals surface area contributed by atoms with Gasteiger partial charge in [-0.25, -0.2) is 8.42 Å². The molecule has 27 heavy (non-hydrogen) atoms. The zero-order valence-electron chi connectivity index (χ0n) is 15.0. The standard InChI is InChI=1S/C18H19ClN2O4S2/c1-11-10-21(12(2)22)16-9-14(5-7-18(16)26-11)27(23,24)20-15-8-13(19)4-6-17(15)25-3/h4-9,11,20H,10H2,1-3H3. The molecular formula is C18H19ClN2O4S2. The van der Waals surface area contributed by atoms with Crippen molar-refractivity contribution < 1.29 is 17.9 Å². The molecular weight excluding hydrogens is 408 g/mol. The van der Waals surface area contributed by atoms with Crippen molar-refractivity contribution in [1.82, 2.24) is 0 Å². The Labute approximate surface area is 167 Å². The molecule has 1 aliphatic rings. The highest BCUT2D eigenvalue weighted by molar-refractivity contribution is 8.00. The minimum absolute atomic E-state index is 0.0599. The number of hydrogen-bond acceptors (Lipinski definition) is 5. The molecule has 1 heterocycles. The van der Waals surface area contributed by atoms with Crippen molar-refractivity contribution in [2.24, 2.45) is 0 Å². The number of carbonyl (C=O) groups excluding carboxylic acids is 1. The van der Waals surface area contributed by atoms with E-state index in [1.54, 1.807) is 34.9 Å². The molecule has 1 aliphatic heterocycles. The second-order valence-electron chi connectivity index (χ2n) is 6.14. The molecule has 9 heteroatoms. The Morgan fingerprint density at radius 2 is 2.04 bits per heavy atom. The zero-order chi connectivity index (χ0) is 19.8. The first-order valence-electron chi connectivity index (χ1n) is 8.16. The van der Waals surface area contributed by atoms with E-state index < -0.39 is 10.0 Å². The highest BCUT2D eigenvalue weighted by Gasteiger charge is 2.27. The van der Waals surface area contributed by atoms with Gasteiger partial charge in [-0.15, -0.1) is 11.8 Å². The summed E-state index contributed by atoms with van der Waals surface area (Å²) in [7, 11) is -2.45. The van der Waals surface area contributed by atoms with Gasteiger partial charge < -0.3 is 9.64 Å². The molecule has 0 bridgehead atoms. The molecule has 144 valence electrons. The number of methoxy groups -OCH3 is 1. The molecule has 0 aromatic heterocycles. The largest absolute Gasteiger partial charge is 0.495 e. The van der Waals surface area contributed by atoms with E-state index in [-0.39, 0.29) is 21.7 Å². The van der Waals surface area contributed by atoms with Gasteiger partial charge in [0.05, 0.1) is 23.4 Å². The van der Waals surface area contributed by atoms with Crippen LogP contribution in [0.4, 0.5) is 11.4 Å². The summed E-state index contributed by atoms with van der Waals surface area (Å²) in [6.45, 7) is 4.04. The Hall–Kier alpha value is -1.90. The summed E-state index contributed by atoms with van der Waals surface area (Å²) in [5.74, 6) is 0.234. The maximum absolute atomic E-state index is 12.9. The van der Waals surface area contributed by atoms with Crippen LogP contribution in [0.5, 0.6) is 5.75 Å². The molecule has 0 radical (unpaired) electrons. The van der Waals surface area contributed by atoms with E-state index in [1.165, 1.54) is 32.2 Å². The van der Waals surface area contributed by atoms with Crippen molar-refractivity contribution >= 4 is 50.7 Å². The molecule has 0 fully saturated rings. The Morgan fingerprint density at radius 1 is 1.30 bits per heavy atom. The van der Waals surface area contributed by atoms with Gasteiger partial charge in [0.2, 0.25) is 5.91 Å². The lowest BCUT2D eigenvalue weighted by atomic mass is 10.2. The quantitative estimate of drug-likeness (QED) is 0.799. The van der Waals surface area contributed by atoms with Crippen molar-refractivity contribution in [3.8, 4) is 5.75 Å². The third-order valence-electron chi connectivity index (χ3n) is 4.09. The minimum atomic E-state index is -3.89. The lowest BCUT2D eigenvalue weighted by molar-refractivity contribution is -0.116. The van der Waals surface area contributed by atoms with Crippen molar-refractivity contribution in [2.45, 2.75) is 28.9 Å². The lowest BCUT2D eigenvalue weighted by Gasteiger charge is -2.32. The molecule has 1 amide bonds. The van der Waals surface area contributed by atoms with E-state index >= 15 is 0 Å². The number of anilines is 2. The van der Waals surface area contributed by atoms with E-state index in [0.717, 1.165) is 4.90 Å². The Kier molecular flexibility index (Phi) is 5.60. The number of amides is 1. The number of nitrogens with one attached hydrogen (secondary N) is 1. The van der Waals surface area contributed by atoms with Crippen LogP contribution in [-0.2, 0) is 14.8 Å². The second-order valence-corrected chi connectivity index (χ2v) is 9.74. The third-order valence-corrected chi connectivity index (χ3v) is 6.83. The van der Waals surface area contributed by atoms with Crippen LogP contribution < -0.4 is 14.4 Å². The van der Waals surface area contributed by atoms with Gasteiger partial charge in [0.15, 0.2) is 0 Å². The first-order valence-corrected chi connectivity index (χ1v) is 10.9. The van der Waals surface area contributed by atoms with E-state index in [0.29, 0.717) is 23.0 Å². The third kappa shape index (κ3) is 4.17. The maximum Gasteiger partial charge on any atom is 0.262 e. The van der Waals surface area contributed by atoms with Gasteiger partial charge >= 0.3 is 0 Å².